The Kier molecular flexibility index (Phi) is 5.53. The summed E-state index contributed by atoms with van der Waals surface area (Å²) >= 11 is 0. The number of hydrogen-bond acceptors (Lipinski definition) is 6. The number of hydrogen-bond donors (Lipinski definition) is 1. The lowest BCUT2D eigenvalue weighted by molar-refractivity contribution is -0.0215. The van der Waals surface area contributed by atoms with Crippen LogP contribution >= 0.6 is 0 Å². The molecule has 1 aromatic rings. The number of halogens is 5. The topological polar surface area (TPSA) is 90.7 Å². The third-order valence-corrected chi connectivity index (χ3v) is 3.29. The highest BCUT2D eigenvalue weighted by molar-refractivity contribution is 5.88. The van der Waals surface area contributed by atoms with Crippen LogP contribution in [0.15, 0.2) is 34.0 Å². The number of nitrogens with zero attached hydrogens (tertiary/aromatic N) is 1. The number of anilines is 1. The molecule has 28 heavy (non-hydrogen) atoms. The average Bonchev–Trinajstić information content (AvgIpc) is 3.02. The summed E-state index contributed by atoms with van der Waals surface area (Å²) in [6, 6.07) is -0.521. The van der Waals surface area contributed by atoms with Crippen molar-refractivity contribution in [2.75, 3.05) is 5.32 Å². The average molecular weight is 410 g/mol. The molecule has 0 radical (unpaired) electrons. The van der Waals surface area contributed by atoms with E-state index in [2.05, 4.69) is 9.72 Å². The van der Waals surface area contributed by atoms with Crippen LogP contribution in [0, 0.1) is 0 Å². The van der Waals surface area contributed by atoms with Crippen LogP contribution in [0.3, 0.4) is 0 Å². The van der Waals surface area contributed by atoms with Crippen LogP contribution < -0.4 is 5.32 Å². The minimum Gasteiger partial charge on any atom is -0.446 e. The Hall–Kier alpha value is -2.92. The molecule has 7 nitrogen and oxygen atoms in total. The molecule has 2 unspecified atom stereocenters. The van der Waals surface area contributed by atoms with Crippen molar-refractivity contribution in [2.45, 2.75) is 45.1 Å². The number of rotatable bonds is 3. The van der Waals surface area contributed by atoms with Crippen LogP contribution in [-0.4, -0.2) is 34.4 Å². The number of esters is 1. The van der Waals surface area contributed by atoms with Crippen molar-refractivity contribution in [1.82, 2.24) is 4.98 Å². The molecule has 1 aromatic heterocycles. The Morgan fingerprint density at radius 1 is 1.21 bits per heavy atom. The third-order valence-electron chi connectivity index (χ3n) is 3.29. The van der Waals surface area contributed by atoms with E-state index < -0.39 is 64.5 Å². The van der Waals surface area contributed by atoms with E-state index in [1.807, 2.05) is 5.32 Å². The molecule has 1 heterocycles. The maximum Gasteiger partial charge on any atom is 0.415 e. The number of allylic oxidation sites excluding steroid dienone is 2. The lowest BCUT2D eigenvalue weighted by atomic mass is 9.92. The van der Waals surface area contributed by atoms with E-state index in [0.717, 1.165) is 0 Å². The molecule has 2 rings (SSSR count). The largest absolute Gasteiger partial charge is 0.446 e. The van der Waals surface area contributed by atoms with Crippen molar-refractivity contribution in [3.05, 3.63) is 35.3 Å². The number of nitrogens with one attached hydrogen (secondary N) is 1. The van der Waals surface area contributed by atoms with Crippen LogP contribution in [-0.2, 0) is 9.47 Å². The van der Waals surface area contributed by atoms with E-state index in [0.29, 0.717) is 13.2 Å². The number of alkyl halides is 1. The second-order valence-corrected chi connectivity index (χ2v) is 6.82. The first-order chi connectivity index (χ1) is 12.7. The van der Waals surface area contributed by atoms with Gasteiger partial charge in [0, 0.05) is 0 Å². The molecule has 1 N–H and O–H groups in total. The maximum atomic E-state index is 14.3. The van der Waals surface area contributed by atoms with Crippen LogP contribution in [0.1, 0.15) is 38.2 Å². The van der Waals surface area contributed by atoms with Gasteiger partial charge in [0.15, 0.2) is 35.1 Å². The summed E-state index contributed by atoms with van der Waals surface area (Å²) in [5, 5.41) is 2.04. The van der Waals surface area contributed by atoms with Gasteiger partial charge >= 0.3 is 18.1 Å². The quantitative estimate of drug-likeness (QED) is 0.579. The van der Waals surface area contributed by atoms with E-state index in [1.165, 1.54) is 0 Å². The summed E-state index contributed by atoms with van der Waals surface area (Å²) < 4.78 is 82.2. The first kappa shape index (κ1) is 21.4. The number of ether oxygens (including phenoxy) is 2. The minimum absolute atomic E-state index is 0.365. The number of amides is 1. The van der Waals surface area contributed by atoms with E-state index in [9.17, 15) is 31.5 Å². The van der Waals surface area contributed by atoms with Gasteiger partial charge in [-0.1, -0.05) is 0 Å². The molecular formula is C16H15F5N2O5. The van der Waals surface area contributed by atoms with Gasteiger partial charge in [0.05, 0.1) is 0 Å². The van der Waals surface area contributed by atoms with Gasteiger partial charge in [-0.25, -0.2) is 36.9 Å². The van der Waals surface area contributed by atoms with Gasteiger partial charge in [-0.2, -0.15) is 4.98 Å². The van der Waals surface area contributed by atoms with Crippen LogP contribution in [0.25, 0.3) is 0 Å². The number of aromatic nitrogens is 1. The van der Waals surface area contributed by atoms with Crippen LogP contribution in [0.2, 0.25) is 0 Å². The molecule has 0 aliphatic heterocycles. The number of carbonyl (C=O) groups is 2. The lowest BCUT2D eigenvalue weighted by Gasteiger charge is -2.30. The second-order valence-electron chi connectivity index (χ2n) is 6.82. The molecule has 1 amide bonds. The highest BCUT2D eigenvalue weighted by atomic mass is 19.2. The zero-order valence-corrected chi connectivity index (χ0v) is 15.0. The predicted octanol–water partition coefficient (Wildman–Crippen LogP) is 4.59. The monoisotopic (exact) mass is 410 g/mol. The van der Waals surface area contributed by atoms with Crippen molar-refractivity contribution in [2.24, 2.45) is 0 Å². The summed E-state index contributed by atoms with van der Waals surface area (Å²) in [7, 11) is 0. The standard InChI is InChI=1S/C16H15F5N2O5/c1-15(2,3)28-14(25)23-13-22-6(5-26-13)12(24)27-11-9(19)7(17)8(18)10(20)16(11,4)21/h5,11H,1-4H3,(H,22,23,25). The van der Waals surface area contributed by atoms with E-state index in [-0.39, 0.29) is 0 Å². The Morgan fingerprint density at radius 3 is 2.39 bits per heavy atom. The Bertz CT molecular complexity index is 869. The van der Waals surface area contributed by atoms with Crippen molar-refractivity contribution in [3.63, 3.8) is 0 Å². The summed E-state index contributed by atoms with van der Waals surface area (Å²) in [5.74, 6) is -10.6. The zero-order valence-electron chi connectivity index (χ0n) is 15.0. The molecule has 0 aromatic carbocycles. The fourth-order valence-corrected chi connectivity index (χ4v) is 2.03. The molecule has 0 saturated heterocycles. The van der Waals surface area contributed by atoms with Crippen LogP contribution in [0.5, 0.6) is 0 Å². The molecule has 2 atom stereocenters. The fourth-order valence-electron chi connectivity index (χ4n) is 2.03. The molecule has 154 valence electrons. The maximum absolute atomic E-state index is 14.3. The van der Waals surface area contributed by atoms with E-state index in [4.69, 9.17) is 9.15 Å². The van der Waals surface area contributed by atoms with Gasteiger partial charge in [-0.3, -0.25) is 0 Å². The molecule has 12 heteroatoms. The van der Waals surface area contributed by atoms with Crippen molar-refractivity contribution >= 4 is 18.1 Å². The summed E-state index contributed by atoms with van der Waals surface area (Å²) in [6.45, 7) is 5.12. The summed E-state index contributed by atoms with van der Waals surface area (Å²) in [5.41, 5.74) is -5.03. The number of carbonyl (C=O) groups excluding carboxylic acids is 2. The van der Waals surface area contributed by atoms with Crippen molar-refractivity contribution in [3.8, 4) is 0 Å². The second kappa shape index (κ2) is 7.24. The fraction of sp³-hybridized carbons (Fsp3) is 0.438. The first-order valence-electron chi connectivity index (χ1n) is 7.70. The van der Waals surface area contributed by atoms with Crippen LogP contribution in [0.4, 0.5) is 32.8 Å². The van der Waals surface area contributed by atoms with Gasteiger partial charge in [0.25, 0.3) is 0 Å². The minimum atomic E-state index is -3.50. The Labute approximate surface area is 155 Å². The van der Waals surface area contributed by atoms with Gasteiger partial charge in [-0.05, 0) is 27.7 Å². The Morgan fingerprint density at radius 2 is 1.82 bits per heavy atom. The summed E-state index contributed by atoms with van der Waals surface area (Å²) in [6.07, 6.45) is -3.06. The van der Waals surface area contributed by atoms with Gasteiger partial charge in [-0.15, -0.1) is 0 Å². The van der Waals surface area contributed by atoms with Gasteiger partial charge in [0.1, 0.15) is 11.9 Å². The van der Waals surface area contributed by atoms with Gasteiger partial charge in [0.2, 0.25) is 5.67 Å². The summed E-state index contributed by atoms with van der Waals surface area (Å²) in [4.78, 5) is 27.0. The molecule has 0 bridgehead atoms. The van der Waals surface area contributed by atoms with Gasteiger partial charge < -0.3 is 13.9 Å². The molecule has 0 saturated carbocycles. The normalized spacial score (nSPS) is 23.0. The van der Waals surface area contributed by atoms with Crippen molar-refractivity contribution < 1.29 is 45.4 Å². The molecular weight excluding hydrogens is 395 g/mol. The predicted molar refractivity (Wildman–Crippen MR) is 83.6 cm³/mol. The smallest absolute Gasteiger partial charge is 0.415 e. The zero-order chi connectivity index (χ0) is 21.4. The third kappa shape index (κ3) is 4.31. The van der Waals surface area contributed by atoms with E-state index in [1.54, 1.807) is 20.8 Å². The highest BCUT2D eigenvalue weighted by Gasteiger charge is 2.52. The first-order valence-corrected chi connectivity index (χ1v) is 7.70. The molecule has 0 spiro atoms. The SMILES string of the molecule is CC(C)(C)OC(=O)Nc1nc(C(=O)OC2C(F)=C(F)C(F)=C(F)C2(C)F)co1. The molecule has 1 aliphatic carbocycles. The Balaban J connectivity index is 2.14. The molecule has 0 fully saturated rings. The lowest BCUT2D eigenvalue weighted by Crippen LogP contribution is -2.43. The number of oxazole rings is 1. The van der Waals surface area contributed by atoms with Crippen molar-refractivity contribution in [1.29, 1.82) is 0 Å². The molecule has 1 aliphatic rings. The highest BCUT2D eigenvalue weighted by Crippen LogP contribution is 2.44. The van der Waals surface area contributed by atoms with E-state index >= 15 is 0 Å².